The van der Waals surface area contributed by atoms with Crippen LogP contribution >= 0.6 is 0 Å². The summed E-state index contributed by atoms with van der Waals surface area (Å²) in [6.07, 6.45) is 0.688. The predicted octanol–water partition coefficient (Wildman–Crippen LogP) is 1.97. The number of fused-ring (bicyclic) bond motifs is 1. The van der Waals surface area contributed by atoms with Crippen LogP contribution in [0.15, 0.2) is 59.4 Å². The number of para-hydroxylation sites is 1. The van der Waals surface area contributed by atoms with Gasteiger partial charge in [-0.1, -0.05) is 42.5 Å². The van der Waals surface area contributed by atoms with E-state index >= 15 is 0 Å². The highest BCUT2D eigenvalue weighted by Gasteiger charge is 2.33. The summed E-state index contributed by atoms with van der Waals surface area (Å²) in [7, 11) is -0.0908. The SMILES string of the molecule is CN(C1CCN(c2nc3ccccc3c(=O)n2C)C1)S(=O)(=O)Cc1ccccc1. The molecule has 8 heteroatoms. The summed E-state index contributed by atoms with van der Waals surface area (Å²) in [6.45, 7) is 1.15. The number of rotatable bonds is 5. The molecule has 1 aromatic heterocycles. The number of likely N-dealkylation sites (N-methyl/N-ethyl adjacent to an activating group) is 1. The number of benzene rings is 2. The summed E-state index contributed by atoms with van der Waals surface area (Å²) in [5.74, 6) is 0.554. The van der Waals surface area contributed by atoms with Crippen LogP contribution < -0.4 is 10.5 Å². The molecule has 0 bridgehead atoms. The van der Waals surface area contributed by atoms with Gasteiger partial charge in [0.25, 0.3) is 5.56 Å². The van der Waals surface area contributed by atoms with Gasteiger partial charge in [0.15, 0.2) is 0 Å². The fourth-order valence-electron chi connectivity index (χ4n) is 3.82. The third-order valence-electron chi connectivity index (χ3n) is 5.55. The molecule has 2 heterocycles. The van der Waals surface area contributed by atoms with Crippen LogP contribution in [0.4, 0.5) is 5.95 Å². The second kappa shape index (κ2) is 7.61. The summed E-state index contributed by atoms with van der Waals surface area (Å²) < 4.78 is 28.7. The van der Waals surface area contributed by atoms with Crippen molar-refractivity contribution in [3.05, 3.63) is 70.5 Å². The summed E-state index contributed by atoms with van der Waals surface area (Å²) in [4.78, 5) is 19.3. The van der Waals surface area contributed by atoms with Crippen molar-refractivity contribution in [3.63, 3.8) is 0 Å². The third kappa shape index (κ3) is 3.77. The Hall–Kier alpha value is -2.71. The molecule has 0 N–H and O–H groups in total. The van der Waals surface area contributed by atoms with Gasteiger partial charge in [0.1, 0.15) is 0 Å². The lowest BCUT2D eigenvalue weighted by molar-refractivity contribution is 0.389. The number of sulfonamides is 1. The molecule has 0 radical (unpaired) electrons. The van der Waals surface area contributed by atoms with Crippen molar-refractivity contribution in [2.45, 2.75) is 18.2 Å². The Morgan fingerprint density at radius 3 is 2.55 bits per heavy atom. The number of anilines is 1. The van der Waals surface area contributed by atoms with E-state index in [0.29, 0.717) is 36.4 Å². The Kier molecular flexibility index (Phi) is 5.14. The maximum absolute atomic E-state index is 12.9. The molecule has 7 nitrogen and oxygen atoms in total. The van der Waals surface area contributed by atoms with Crippen molar-refractivity contribution in [2.75, 3.05) is 25.0 Å². The van der Waals surface area contributed by atoms with Crippen LogP contribution in [0.2, 0.25) is 0 Å². The van der Waals surface area contributed by atoms with Gasteiger partial charge in [-0.3, -0.25) is 9.36 Å². The lowest BCUT2D eigenvalue weighted by Crippen LogP contribution is -2.40. The van der Waals surface area contributed by atoms with Gasteiger partial charge < -0.3 is 4.90 Å². The zero-order valence-electron chi connectivity index (χ0n) is 16.5. The minimum absolute atomic E-state index is 0.0203. The molecule has 1 atom stereocenters. The van der Waals surface area contributed by atoms with E-state index < -0.39 is 10.0 Å². The van der Waals surface area contributed by atoms with Crippen LogP contribution in [0, 0.1) is 0 Å². The lowest BCUT2D eigenvalue weighted by Gasteiger charge is -2.25. The molecule has 1 aliphatic rings. The van der Waals surface area contributed by atoms with Gasteiger partial charge >= 0.3 is 0 Å². The molecule has 0 aliphatic carbocycles. The molecular weight excluding hydrogens is 388 g/mol. The monoisotopic (exact) mass is 412 g/mol. The van der Waals surface area contributed by atoms with Gasteiger partial charge in [-0.15, -0.1) is 0 Å². The minimum Gasteiger partial charge on any atom is -0.340 e. The second-order valence-corrected chi connectivity index (χ2v) is 9.47. The van der Waals surface area contributed by atoms with E-state index in [-0.39, 0.29) is 17.4 Å². The van der Waals surface area contributed by atoms with Crippen molar-refractivity contribution in [2.24, 2.45) is 7.05 Å². The first-order valence-corrected chi connectivity index (χ1v) is 11.2. The normalized spacial score (nSPS) is 17.3. The fraction of sp³-hybridized carbons (Fsp3) is 0.333. The van der Waals surface area contributed by atoms with Crippen molar-refractivity contribution in [1.29, 1.82) is 0 Å². The zero-order chi connectivity index (χ0) is 20.6. The first-order valence-electron chi connectivity index (χ1n) is 9.57. The Morgan fingerprint density at radius 1 is 1.10 bits per heavy atom. The van der Waals surface area contributed by atoms with E-state index in [2.05, 4.69) is 4.98 Å². The molecule has 1 unspecified atom stereocenters. The highest BCUT2D eigenvalue weighted by molar-refractivity contribution is 7.88. The summed E-state index contributed by atoms with van der Waals surface area (Å²) in [5.41, 5.74) is 1.33. The Bertz CT molecular complexity index is 1190. The van der Waals surface area contributed by atoms with Crippen molar-refractivity contribution in [1.82, 2.24) is 13.9 Å². The van der Waals surface area contributed by atoms with Crippen LogP contribution in [-0.4, -0.2) is 48.5 Å². The van der Waals surface area contributed by atoms with Crippen LogP contribution in [0.1, 0.15) is 12.0 Å². The molecule has 1 fully saturated rings. The topological polar surface area (TPSA) is 75.5 Å². The predicted molar refractivity (Wildman–Crippen MR) is 114 cm³/mol. The largest absolute Gasteiger partial charge is 0.340 e. The quantitative estimate of drug-likeness (QED) is 0.641. The molecule has 3 aromatic rings. The minimum atomic E-state index is -3.44. The van der Waals surface area contributed by atoms with Gasteiger partial charge in [-0.25, -0.2) is 13.4 Å². The first kappa shape index (κ1) is 19.6. The van der Waals surface area contributed by atoms with Gasteiger partial charge in [0.2, 0.25) is 16.0 Å². The average molecular weight is 413 g/mol. The van der Waals surface area contributed by atoms with Gasteiger partial charge in [-0.2, -0.15) is 4.31 Å². The lowest BCUT2D eigenvalue weighted by atomic mass is 10.2. The maximum Gasteiger partial charge on any atom is 0.262 e. The summed E-state index contributed by atoms with van der Waals surface area (Å²) >= 11 is 0. The standard InChI is InChI=1S/C21H24N4O3S/c1-23-20(26)18-10-6-7-11-19(18)22-21(23)25-13-12-17(14-25)24(2)29(27,28)15-16-8-4-3-5-9-16/h3-11,17H,12-15H2,1-2H3. The number of hydrogen-bond acceptors (Lipinski definition) is 5. The highest BCUT2D eigenvalue weighted by atomic mass is 32.2. The van der Waals surface area contributed by atoms with Gasteiger partial charge in [-0.05, 0) is 24.1 Å². The third-order valence-corrected chi connectivity index (χ3v) is 7.42. The van der Waals surface area contributed by atoms with Crippen LogP contribution in [-0.2, 0) is 22.8 Å². The van der Waals surface area contributed by atoms with E-state index in [0.717, 1.165) is 5.56 Å². The number of hydrogen-bond donors (Lipinski definition) is 0. The maximum atomic E-state index is 12.9. The van der Waals surface area contributed by atoms with E-state index in [1.165, 1.54) is 4.31 Å². The number of aromatic nitrogens is 2. The highest BCUT2D eigenvalue weighted by Crippen LogP contribution is 2.24. The van der Waals surface area contributed by atoms with Gasteiger partial charge in [0.05, 0.1) is 16.7 Å². The average Bonchev–Trinajstić information content (AvgIpc) is 3.20. The second-order valence-electron chi connectivity index (χ2n) is 7.44. The molecule has 1 saturated heterocycles. The van der Waals surface area contributed by atoms with Crippen molar-refractivity contribution < 1.29 is 8.42 Å². The van der Waals surface area contributed by atoms with Crippen LogP contribution in [0.5, 0.6) is 0 Å². The molecule has 0 saturated carbocycles. The molecular formula is C21H24N4O3S. The molecule has 0 amide bonds. The fourth-order valence-corrected chi connectivity index (χ4v) is 5.27. The smallest absolute Gasteiger partial charge is 0.262 e. The van der Waals surface area contributed by atoms with E-state index in [1.807, 2.05) is 53.4 Å². The van der Waals surface area contributed by atoms with Crippen molar-refractivity contribution >= 4 is 26.9 Å². The Morgan fingerprint density at radius 2 is 1.79 bits per heavy atom. The molecule has 4 rings (SSSR count). The molecule has 152 valence electrons. The molecule has 0 spiro atoms. The molecule has 1 aliphatic heterocycles. The van der Waals surface area contributed by atoms with E-state index in [9.17, 15) is 13.2 Å². The zero-order valence-corrected chi connectivity index (χ0v) is 17.3. The Balaban J connectivity index is 1.55. The van der Waals surface area contributed by atoms with Gasteiger partial charge in [0, 0.05) is 33.2 Å². The van der Waals surface area contributed by atoms with Crippen LogP contribution in [0.25, 0.3) is 10.9 Å². The Labute approximate surface area is 170 Å². The van der Waals surface area contributed by atoms with Crippen molar-refractivity contribution in [3.8, 4) is 0 Å². The molecule has 2 aromatic carbocycles. The van der Waals surface area contributed by atoms with E-state index in [1.54, 1.807) is 24.7 Å². The summed E-state index contributed by atoms with van der Waals surface area (Å²) in [6, 6.07) is 16.3. The summed E-state index contributed by atoms with van der Waals surface area (Å²) in [5, 5.41) is 0.581. The number of nitrogens with zero attached hydrogens (tertiary/aromatic N) is 4. The van der Waals surface area contributed by atoms with Crippen LogP contribution in [0.3, 0.4) is 0 Å². The first-order chi connectivity index (χ1) is 13.9. The molecule has 29 heavy (non-hydrogen) atoms. The van der Waals surface area contributed by atoms with E-state index in [4.69, 9.17) is 0 Å².